The predicted molar refractivity (Wildman–Crippen MR) is 41.7 cm³/mol. The van der Waals surface area contributed by atoms with Crippen LogP contribution in [0.4, 0.5) is 0 Å². The largest absolute Gasteiger partial charge is 0.376 e. The fourth-order valence-corrected chi connectivity index (χ4v) is 0.976. The normalized spacial score (nSPS) is 12.5. The summed E-state index contributed by atoms with van der Waals surface area (Å²) >= 11 is 0. The fraction of sp³-hybridized carbons (Fsp3) is 0.375. The van der Waals surface area contributed by atoms with E-state index >= 15 is 0 Å². The van der Waals surface area contributed by atoms with Crippen molar-refractivity contribution < 1.29 is 5.11 Å². The van der Waals surface area contributed by atoms with Crippen LogP contribution in [-0.4, -0.2) is 14.9 Å². The van der Waals surface area contributed by atoms with Gasteiger partial charge in [0.15, 0.2) is 0 Å². The maximum Gasteiger partial charge on any atom is 0.143 e. The lowest BCUT2D eigenvalue weighted by molar-refractivity contribution is 0.238. The van der Waals surface area contributed by atoms with Gasteiger partial charge in [0.2, 0.25) is 0 Å². The molecule has 0 aliphatic rings. The summed E-state index contributed by atoms with van der Waals surface area (Å²) in [5.41, 5.74) is 1.48. The van der Waals surface area contributed by atoms with Gasteiger partial charge in [0, 0.05) is 18.8 Å². The van der Waals surface area contributed by atoms with E-state index in [4.69, 9.17) is 6.42 Å². The summed E-state index contributed by atoms with van der Waals surface area (Å²) in [5.74, 6) is 2.24. The second-order valence-corrected chi connectivity index (χ2v) is 2.41. The lowest BCUT2D eigenvalue weighted by Crippen LogP contribution is -1.92. The standard InChI is InChI=1S/C8H10N2O/c1-4-8(11)7-5-10(3)9-6(7)2/h1,5,8,11H,2-3H3. The Morgan fingerprint density at radius 3 is 2.82 bits per heavy atom. The van der Waals surface area contributed by atoms with Crippen molar-refractivity contribution >= 4 is 0 Å². The first-order valence-corrected chi connectivity index (χ1v) is 3.29. The van der Waals surface area contributed by atoms with Crippen LogP contribution in [0.15, 0.2) is 6.20 Å². The minimum absolute atomic E-state index is 0.704. The fourth-order valence-electron chi connectivity index (χ4n) is 0.976. The molecule has 0 bridgehead atoms. The molecule has 1 rings (SSSR count). The highest BCUT2D eigenvalue weighted by Gasteiger charge is 2.09. The number of aliphatic hydroxyl groups is 1. The highest BCUT2D eigenvalue weighted by atomic mass is 16.3. The topological polar surface area (TPSA) is 38.0 Å². The molecule has 0 saturated heterocycles. The third kappa shape index (κ3) is 1.41. The molecule has 0 aliphatic heterocycles. The van der Waals surface area contributed by atoms with E-state index < -0.39 is 6.10 Å². The van der Waals surface area contributed by atoms with Crippen LogP contribution in [0.1, 0.15) is 17.4 Å². The van der Waals surface area contributed by atoms with E-state index in [0.717, 1.165) is 5.69 Å². The summed E-state index contributed by atoms with van der Waals surface area (Å²) in [6, 6.07) is 0. The summed E-state index contributed by atoms with van der Waals surface area (Å²) in [7, 11) is 1.79. The van der Waals surface area contributed by atoms with Crippen LogP contribution in [0.3, 0.4) is 0 Å². The number of hydrogen-bond donors (Lipinski definition) is 1. The van der Waals surface area contributed by atoms with Crippen molar-refractivity contribution in [2.24, 2.45) is 7.05 Å². The van der Waals surface area contributed by atoms with Crippen molar-refractivity contribution in [1.29, 1.82) is 0 Å². The molecule has 1 heterocycles. The molecule has 1 aromatic rings. The molecule has 0 saturated carbocycles. The summed E-state index contributed by atoms with van der Waals surface area (Å²) in [4.78, 5) is 0. The summed E-state index contributed by atoms with van der Waals surface area (Å²) in [6.07, 6.45) is 5.94. The Balaban J connectivity index is 3.05. The van der Waals surface area contributed by atoms with Crippen molar-refractivity contribution in [1.82, 2.24) is 9.78 Å². The van der Waals surface area contributed by atoms with E-state index in [-0.39, 0.29) is 0 Å². The van der Waals surface area contributed by atoms with Gasteiger partial charge >= 0.3 is 0 Å². The average molecular weight is 150 g/mol. The molecule has 0 radical (unpaired) electrons. The number of aliphatic hydroxyl groups excluding tert-OH is 1. The van der Waals surface area contributed by atoms with Gasteiger partial charge < -0.3 is 5.11 Å². The summed E-state index contributed by atoms with van der Waals surface area (Å²) in [5, 5.41) is 13.3. The van der Waals surface area contributed by atoms with Gasteiger partial charge in [-0.1, -0.05) is 5.92 Å². The van der Waals surface area contributed by atoms with Crippen molar-refractivity contribution in [3.63, 3.8) is 0 Å². The van der Waals surface area contributed by atoms with Crippen LogP contribution >= 0.6 is 0 Å². The number of hydrogen-bond acceptors (Lipinski definition) is 2. The average Bonchev–Trinajstić information content (AvgIpc) is 2.28. The third-order valence-electron chi connectivity index (χ3n) is 1.50. The van der Waals surface area contributed by atoms with E-state index in [1.54, 1.807) is 17.9 Å². The van der Waals surface area contributed by atoms with Gasteiger partial charge in [-0.25, -0.2) is 0 Å². The van der Waals surface area contributed by atoms with Crippen LogP contribution in [0.2, 0.25) is 0 Å². The Labute approximate surface area is 65.7 Å². The molecule has 0 amide bonds. The lowest BCUT2D eigenvalue weighted by atomic mass is 10.1. The Morgan fingerprint density at radius 1 is 1.82 bits per heavy atom. The van der Waals surface area contributed by atoms with E-state index in [1.807, 2.05) is 6.92 Å². The second-order valence-electron chi connectivity index (χ2n) is 2.41. The molecule has 3 nitrogen and oxygen atoms in total. The molecule has 1 aromatic heterocycles. The van der Waals surface area contributed by atoms with Crippen molar-refractivity contribution in [3.8, 4) is 12.3 Å². The molecule has 11 heavy (non-hydrogen) atoms. The maximum atomic E-state index is 9.23. The molecular formula is C8H10N2O. The quantitative estimate of drug-likeness (QED) is 0.588. The first kappa shape index (κ1) is 7.83. The molecule has 0 aromatic carbocycles. The lowest BCUT2D eigenvalue weighted by Gasteiger charge is -1.98. The van der Waals surface area contributed by atoms with Crippen molar-refractivity contribution in [2.45, 2.75) is 13.0 Å². The van der Waals surface area contributed by atoms with E-state index in [1.165, 1.54) is 0 Å². The number of rotatable bonds is 1. The van der Waals surface area contributed by atoms with Crippen LogP contribution < -0.4 is 0 Å². The first-order valence-electron chi connectivity index (χ1n) is 3.29. The Hall–Kier alpha value is -1.27. The van der Waals surface area contributed by atoms with Gasteiger partial charge in [-0.3, -0.25) is 4.68 Å². The van der Waals surface area contributed by atoms with E-state index in [9.17, 15) is 5.11 Å². The summed E-state index contributed by atoms with van der Waals surface area (Å²) in [6.45, 7) is 1.82. The molecule has 0 aliphatic carbocycles. The van der Waals surface area contributed by atoms with Gasteiger partial charge in [-0.05, 0) is 6.92 Å². The van der Waals surface area contributed by atoms with Crippen LogP contribution in [-0.2, 0) is 7.05 Å². The highest BCUT2D eigenvalue weighted by Crippen LogP contribution is 2.14. The predicted octanol–water partition coefficient (Wildman–Crippen LogP) is 0.395. The molecule has 58 valence electrons. The van der Waals surface area contributed by atoms with Crippen LogP contribution in [0.5, 0.6) is 0 Å². The minimum Gasteiger partial charge on any atom is -0.376 e. The van der Waals surface area contributed by atoms with Gasteiger partial charge in [-0.2, -0.15) is 5.10 Å². The molecule has 0 spiro atoms. The molecule has 0 fully saturated rings. The maximum absolute atomic E-state index is 9.23. The Kier molecular flexibility index (Phi) is 1.97. The van der Waals surface area contributed by atoms with Gasteiger partial charge in [0.05, 0.1) is 5.69 Å². The number of nitrogens with zero attached hydrogens (tertiary/aromatic N) is 2. The van der Waals surface area contributed by atoms with Gasteiger partial charge in [0.25, 0.3) is 0 Å². The van der Waals surface area contributed by atoms with Crippen LogP contribution in [0.25, 0.3) is 0 Å². The smallest absolute Gasteiger partial charge is 0.143 e. The van der Waals surface area contributed by atoms with E-state index in [2.05, 4.69) is 11.0 Å². The first-order chi connectivity index (χ1) is 5.15. The number of aryl methyl sites for hydroxylation is 2. The van der Waals surface area contributed by atoms with Crippen molar-refractivity contribution in [3.05, 3.63) is 17.5 Å². The number of terminal acetylenes is 1. The molecule has 1 N–H and O–H groups in total. The van der Waals surface area contributed by atoms with Gasteiger partial charge in [0.1, 0.15) is 6.10 Å². The van der Waals surface area contributed by atoms with Crippen molar-refractivity contribution in [2.75, 3.05) is 0 Å². The highest BCUT2D eigenvalue weighted by molar-refractivity contribution is 5.24. The third-order valence-corrected chi connectivity index (χ3v) is 1.50. The zero-order valence-corrected chi connectivity index (χ0v) is 6.57. The molecule has 1 atom stereocenters. The Bertz CT molecular complexity index is 296. The Morgan fingerprint density at radius 2 is 2.45 bits per heavy atom. The monoisotopic (exact) mass is 150 g/mol. The second kappa shape index (κ2) is 2.77. The SMILES string of the molecule is C#CC(O)c1cn(C)nc1C. The van der Waals surface area contributed by atoms with Crippen LogP contribution in [0, 0.1) is 19.3 Å². The molecule has 3 heteroatoms. The van der Waals surface area contributed by atoms with E-state index in [0.29, 0.717) is 5.56 Å². The summed E-state index contributed by atoms with van der Waals surface area (Å²) < 4.78 is 1.63. The zero-order chi connectivity index (χ0) is 8.43. The van der Waals surface area contributed by atoms with Gasteiger partial charge in [-0.15, -0.1) is 6.42 Å². The zero-order valence-electron chi connectivity index (χ0n) is 6.57. The molecule has 1 unspecified atom stereocenters. The molecular weight excluding hydrogens is 140 g/mol. The minimum atomic E-state index is -0.830. The number of aromatic nitrogens is 2.